The van der Waals surface area contributed by atoms with E-state index in [-0.39, 0.29) is 5.41 Å². The molecule has 2 aliphatic heterocycles. The zero-order chi connectivity index (χ0) is 17.6. The minimum atomic E-state index is 0.0386. The van der Waals surface area contributed by atoms with E-state index in [0.717, 1.165) is 42.8 Å². The van der Waals surface area contributed by atoms with E-state index in [0.29, 0.717) is 12.6 Å². The molecule has 0 N–H and O–H groups in total. The first-order chi connectivity index (χ1) is 11.9. The largest absolute Gasteiger partial charge is 0.375 e. The van der Waals surface area contributed by atoms with Gasteiger partial charge in [-0.2, -0.15) is 5.10 Å². The molecule has 0 bridgehead atoms. The Hall–Kier alpha value is -1.73. The molecular formula is C18H25N5OS. The molecule has 1 saturated heterocycles. The summed E-state index contributed by atoms with van der Waals surface area (Å²) in [5.74, 6) is 0.962. The molecule has 1 fully saturated rings. The van der Waals surface area contributed by atoms with E-state index < -0.39 is 0 Å². The average Bonchev–Trinajstić information content (AvgIpc) is 2.97. The van der Waals surface area contributed by atoms with Crippen molar-refractivity contribution in [2.45, 2.75) is 45.3 Å². The summed E-state index contributed by atoms with van der Waals surface area (Å²) in [6, 6.07) is 4.65. The van der Waals surface area contributed by atoms with Crippen molar-refractivity contribution < 1.29 is 4.74 Å². The second-order valence-electron chi connectivity index (χ2n) is 7.87. The van der Waals surface area contributed by atoms with Crippen LogP contribution in [0.3, 0.4) is 0 Å². The van der Waals surface area contributed by atoms with E-state index in [1.807, 2.05) is 0 Å². The van der Waals surface area contributed by atoms with Gasteiger partial charge >= 0.3 is 0 Å². The molecular weight excluding hydrogens is 334 g/mol. The Morgan fingerprint density at radius 2 is 2.04 bits per heavy atom. The van der Waals surface area contributed by atoms with Gasteiger partial charge in [-0.05, 0) is 12.1 Å². The zero-order valence-corrected chi connectivity index (χ0v) is 16.1. The van der Waals surface area contributed by atoms with Gasteiger partial charge in [0, 0.05) is 32.0 Å². The molecule has 7 heteroatoms. The Morgan fingerprint density at radius 3 is 2.68 bits per heavy atom. The maximum atomic E-state index is 5.53. The first-order valence-electron chi connectivity index (χ1n) is 8.80. The summed E-state index contributed by atoms with van der Waals surface area (Å²) in [7, 11) is 2.14. The summed E-state index contributed by atoms with van der Waals surface area (Å²) in [5.41, 5.74) is 2.29. The minimum Gasteiger partial charge on any atom is -0.375 e. The Balaban J connectivity index is 1.39. The second kappa shape index (κ2) is 6.21. The van der Waals surface area contributed by atoms with Crippen molar-refractivity contribution in [2.24, 2.45) is 0 Å². The molecule has 2 aromatic heterocycles. The van der Waals surface area contributed by atoms with Gasteiger partial charge in [-0.1, -0.05) is 32.1 Å². The SMILES string of the molecule is CN(c1nc2c(s1)COCC2)C1CN(c2ccc(C(C)(C)C)nn2)C1. The third kappa shape index (κ3) is 3.22. The lowest BCUT2D eigenvalue weighted by Gasteiger charge is -2.44. The number of ether oxygens (including phenoxy) is 1. The van der Waals surface area contributed by atoms with E-state index in [9.17, 15) is 0 Å². The van der Waals surface area contributed by atoms with E-state index in [1.54, 1.807) is 11.3 Å². The maximum Gasteiger partial charge on any atom is 0.185 e. The Bertz CT molecular complexity index is 722. The number of likely N-dealkylation sites (N-methyl/N-ethyl adjacent to an activating group) is 1. The van der Waals surface area contributed by atoms with E-state index in [4.69, 9.17) is 9.72 Å². The second-order valence-corrected chi connectivity index (χ2v) is 8.93. The topological polar surface area (TPSA) is 54.4 Å². The fourth-order valence-corrected chi connectivity index (χ4v) is 4.18. The van der Waals surface area contributed by atoms with Crippen molar-refractivity contribution in [3.8, 4) is 0 Å². The lowest BCUT2D eigenvalue weighted by atomic mass is 9.92. The van der Waals surface area contributed by atoms with Gasteiger partial charge in [0.15, 0.2) is 10.9 Å². The molecule has 0 aromatic carbocycles. The van der Waals surface area contributed by atoms with Crippen LogP contribution in [0.5, 0.6) is 0 Å². The van der Waals surface area contributed by atoms with E-state index in [2.05, 4.69) is 59.9 Å². The van der Waals surface area contributed by atoms with Gasteiger partial charge in [-0.25, -0.2) is 4.98 Å². The molecule has 4 heterocycles. The van der Waals surface area contributed by atoms with Crippen LogP contribution in [0.25, 0.3) is 0 Å². The number of hydrogen-bond acceptors (Lipinski definition) is 7. The van der Waals surface area contributed by atoms with Gasteiger partial charge in [0.05, 0.1) is 35.5 Å². The van der Waals surface area contributed by atoms with Crippen molar-refractivity contribution in [1.29, 1.82) is 0 Å². The first kappa shape index (κ1) is 16.7. The van der Waals surface area contributed by atoms with Crippen LogP contribution in [0.1, 0.15) is 37.0 Å². The molecule has 0 radical (unpaired) electrons. The number of hydrogen-bond donors (Lipinski definition) is 0. The monoisotopic (exact) mass is 359 g/mol. The minimum absolute atomic E-state index is 0.0386. The number of anilines is 2. The van der Waals surface area contributed by atoms with Crippen LogP contribution in [0.2, 0.25) is 0 Å². The maximum absolute atomic E-state index is 5.53. The Kier molecular flexibility index (Phi) is 4.16. The number of fused-ring (bicyclic) bond motifs is 1. The smallest absolute Gasteiger partial charge is 0.185 e. The standard InChI is InChI=1S/C18H25N5OS/c1-18(2,3)15-5-6-16(21-20-15)23-9-12(10-23)22(4)17-19-13-7-8-24-11-14(13)25-17/h5-6,12H,7-11H2,1-4H3. The highest BCUT2D eigenvalue weighted by Gasteiger charge is 2.33. The summed E-state index contributed by atoms with van der Waals surface area (Å²) in [5, 5.41) is 9.92. The fourth-order valence-electron chi connectivity index (χ4n) is 3.10. The normalized spacial score (nSPS) is 18.0. The van der Waals surface area contributed by atoms with Crippen LogP contribution in [0, 0.1) is 0 Å². The summed E-state index contributed by atoms with van der Waals surface area (Å²) >= 11 is 1.77. The van der Waals surface area contributed by atoms with Crippen LogP contribution in [-0.4, -0.2) is 48.0 Å². The van der Waals surface area contributed by atoms with E-state index in [1.165, 1.54) is 10.6 Å². The fraction of sp³-hybridized carbons (Fsp3) is 0.611. The molecule has 6 nitrogen and oxygen atoms in total. The summed E-state index contributed by atoms with van der Waals surface area (Å²) in [6.45, 7) is 9.90. The highest BCUT2D eigenvalue weighted by atomic mass is 32.1. The number of thiazole rings is 1. The van der Waals surface area contributed by atoms with Gasteiger partial charge in [0.1, 0.15) is 0 Å². The van der Waals surface area contributed by atoms with Gasteiger partial charge in [-0.3, -0.25) is 0 Å². The van der Waals surface area contributed by atoms with Crippen LogP contribution >= 0.6 is 11.3 Å². The van der Waals surface area contributed by atoms with Crippen LogP contribution in [-0.2, 0) is 23.2 Å². The molecule has 0 atom stereocenters. The third-order valence-electron chi connectivity index (χ3n) is 4.94. The molecule has 0 unspecified atom stereocenters. The molecule has 0 spiro atoms. The predicted molar refractivity (Wildman–Crippen MR) is 101 cm³/mol. The van der Waals surface area contributed by atoms with Gasteiger partial charge in [-0.15, -0.1) is 5.10 Å². The predicted octanol–water partition coefficient (Wildman–Crippen LogP) is 2.63. The molecule has 0 amide bonds. The van der Waals surface area contributed by atoms with Crippen molar-refractivity contribution in [3.63, 3.8) is 0 Å². The van der Waals surface area contributed by atoms with Gasteiger partial charge in [0.2, 0.25) is 0 Å². The van der Waals surface area contributed by atoms with Crippen LogP contribution in [0.4, 0.5) is 10.9 Å². The molecule has 4 rings (SSSR count). The summed E-state index contributed by atoms with van der Waals surface area (Å²) < 4.78 is 5.53. The van der Waals surface area contributed by atoms with Crippen molar-refractivity contribution >= 4 is 22.3 Å². The summed E-state index contributed by atoms with van der Waals surface area (Å²) in [6.07, 6.45) is 0.937. The lowest BCUT2D eigenvalue weighted by molar-refractivity contribution is 0.112. The van der Waals surface area contributed by atoms with Crippen molar-refractivity contribution in [1.82, 2.24) is 15.2 Å². The highest BCUT2D eigenvalue weighted by Crippen LogP contribution is 2.32. The van der Waals surface area contributed by atoms with Crippen molar-refractivity contribution in [3.05, 3.63) is 28.4 Å². The quantitative estimate of drug-likeness (QED) is 0.840. The first-order valence-corrected chi connectivity index (χ1v) is 9.62. The number of rotatable bonds is 3. The summed E-state index contributed by atoms with van der Waals surface area (Å²) in [4.78, 5) is 10.7. The molecule has 134 valence electrons. The van der Waals surface area contributed by atoms with Crippen LogP contribution in [0.15, 0.2) is 12.1 Å². The zero-order valence-electron chi connectivity index (χ0n) is 15.3. The van der Waals surface area contributed by atoms with Gasteiger partial charge in [0.25, 0.3) is 0 Å². The molecule has 0 saturated carbocycles. The molecule has 25 heavy (non-hydrogen) atoms. The lowest BCUT2D eigenvalue weighted by Crippen LogP contribution is -2.59. The molecule has 0 aliphatic carbocycles. The van der Waals surface area contributed by atoms with Gasteiger partial charge < -0.3 is 14.5 Å². The van der Waals surface area contributed by atoms with Crippen molar-refractivity contribution in [2.75, 3.05) is 36.5 Å². The Morgan fingerprint density at radius 1 is 1.24 bits per heavy atom. The third-order valence-corrected chi connectivity index (χ3v) is 6.10. The van der Waals surface area contributed by atoms with Crippen LogP contribution < -0.4 is 9.80 Å². The van der Waals surface area contributed by atoms with E-state index >= 15 is 0 Å². The Labute approximate surface area is 152 Å². The average molecular weight is 359 g/mol. The molecule has 2 aromatic rings. The number of aromatic nitrogens is 3. The highest BCUT2D eigenvalue weighted by molar-refractivity contribution is 7.15. The molecule has 2 aliphatic rings. The number of nitrogens with zero attached hydrogens (tertiary/aromatic N) is 5.